The van der Waals surface area contributed by atoms with E-state index in [1.807, 2.05) is 6.92 Å². The average molecular weight is 310 g/mol. The highest BCUT2D eigenvalue weighted by atomic mass is 35.5. The summed E-state index contributed by atoms with van der Waals surface area (Å²) in [5.41, 5.74) is 2.53. The zero-order valence-corrected chi connectivity index (χ0v) is 14.5. The molecular formula is C18H28ClNO. The van der Waals surface area contributed by atoms with Crippen LogP contribution in [0.1, 0.15) is 52.0 Å². The number of rotatable bonds is 9. The van der Waals surface area contributed by atoms with Crippen LogP contribution in [0, 0.1) is 5.92 Å². The van der Waals surface area contributed by atoms with E-state index in [2.05, 4.69) is 43.0 Å². The normalized spacial score (nSPS) is 13.8. The first-order valence-electron chi connectivity index (χ1n) is 7.90. The molecule has 0 saturated heterocycles. The third-order valence-electron chi connectivity index (χ3n) is 4.08. The maximum atomic E-state index is 11.4. The standard InChI is InChI=1S/C18H28ClNO/c1-5-11-20(12-10-19)18-8-6-17(7-9-18)15(3)13-14(2)16(4)21/h6-9,14-15H,5,10-13H2,1-4H3. The molecular weight excluding hydrogens is 282 g/mol. The fraction of sp³-hybridized carbons (Fsp3) is 0.611. The zero-order chi connectivity index (χ0) is 15.8. The molecule has 0 aliphatic carbocycles. The Hall–Kier alpha value is -1.02. The molecule has 0 bridgehead atoms. The van der Waals surface area contributed by atoms with Gasteiger partial charge < -0.3 is 4.90 Å². The van der Waals surface area contributed by atoms with Crippen LogP contribution in [0.5, 0.6) is 0 Å². The van der Waals surface area contributed by atoms with E-state index in [0.29, 0.717) is 11.8 Å². The van der Waals surface area contributed by atoms with Crippen LogP contribution in [0.3, 0.4) is 0 Å². The highest BCUT2D eigenvalue weighted by Gasteiger charge is 2.14. The van der Waals surface area contributed by atoms with E-state index in [4.69, 9.17) is 11.6 Å². The maximum Gasteiger partial charge on any atom is 0.132 e. The predicted molar refractivity (Wildman–Crippen MR) is 92.5 cm³/mol. The molecule has 118 valence electrons. The highest BCUT2D eigenvalue weighted by molar-refractivity contribution is 6.18. The Kier molecular flexibility index (Phi) is 7.81. The van der Waals surface area contributed by atoms with Crippen molar-refractivity contribution in [2.24, 2.45) is 5.92 Å². The molecule has 0 spiro atoms. The number of nitrogens with zero attached hydrogens (tertiary/aromatic N) is 1. The Morgan fingerprint density at radius 1 is 1.19 bits per heavy atom. The molecule has 1 rings (SSSR count). The molecule has 0 fully saturated rings. The SMILES string of the molecule is CCCN(CCCl)c1ccc(C(C)CC(C)C(C)=O)cc1. The molecule has 0 amide bonds. The minimum Gasteiger partial charge on any atom is -0.370 e. The Morgan fingerprint density at radius 3 is 2.29 bits per heavy atom. The van der Waals surface area contributed by atoms with Crippen molar-refractivity contribution >= 4 is 23.1 Å². The van der Waals surface area contributed by atoms with Crippen LogP contribution >= 0.6 is 11.6 Å². The van der Waals surface area contributed by atoms with Gasteiger partial charge in [-0.2, -0.15) is 0 Å². The minimum absolute atomic E-state index is 0.132. The first-order valence-corrected chi connectivity index (χ1v) is 8.44. The number of carbonyl (C=O) groups excluding carboxylic acids is 1. The van der Waals surface area contributed by atoms with E-state index in [-0.39, 0.29) is 11.7 Å². The highest BCUT2D eigenvalue weighted by Crippen LogP contribution is 2.26. The number of carbonyl (C=O) groups is 1. The van der Waals surface area contributed by atoms with Gasteiger partial charge in [-0.05, 0) is 43.4 Å². The van der Waals surface area contributed by atoms with Gasteiger partial charge in [0.25, 0.3) is 0 Å². The van der Waals surface area contributed by atoms with Crippen molar-refractivity contribution in [2.75, 3.05) is 23.9 Å². The molecule has 0 aliphatic rings. The third-order valence-corrected chi connectivity index (χ3v) is 4.25. The van der Waals surface area contributed by atoms with Gasteiger partial charge in [0.15, 0.2) is 0 Å². The Bertz CT molecular complexity index is 423. The summed E-state index contributed by atoms with van der Waals surface area (Å²) in [6, 6.07) is 8.71. The third kappa shape index (κ3) is 5.70. The first kappa shape index (κ1) is 18.0. The van der Waals surface area contributed by atoms with Gasteiger partial charge in [-0.1, -0.05) is 32.9 Å². The second kappa shape index (κ2) is 9.09. The van der Waals surface area contributed by atoms with Gasteiger partial charge in [0.05, 0.1) is 0 Å². The van der Waals surface area contributed by atoms with E-state index in [1.165, 1.54) is 11.3 Å². The molecule has 0 radical (unpaired) electrons. The smallest absolute Gasteiger partial charge is 0.132 e. The molecule has 2 nitrogen and oxygen atoms in total. The van der Waals surface area contributed by atoms with Crippen molar-refractivity contribution in [1.82, 2.24) is 0 Å². The molecule has 2 unspecified atom stereocenters. The number of halogens is 1. The summed E-state index contributed by atoms with van der Waals surface area (Å²) in [7, 11) is 0. The van der Waals surface area contributed by atoms with E-state index in [1.54, 1.807) is 6.92 Å². The fourth-order valence-electron chi connectivity index (χ4n) is 2.59. The average Bonchev–Trinajstić information content (AvgIpc) is 2.47. The molecule has 2 atom stereocenters. The van der Waals surface area contributed by atoms with Gasteiger partial charge >= 0.3 is 0 Å². The van der Waals surface area contributed by atoms with Crippen LogP contribution in [0.25, 0.3) is 0 Å². The van der Waals surface area contributed by atoms with Crippen LogP contribution in [0.15, 0.2) is 24.3 Å². The Morgan fingerprint density at radius 2 is 1.81 bits per heavy atom. The lowest BCUT2D eigenvalue weighted by molar-refractivity contribution is -0.120. The number of alkyl halides is 1. The number of benzene rings is 1. The van der Waals surface area contributed by atoms with Crippen LogP contribution in [0.2, 0.25) is 0 Å². The summed E-state index contributed by atoms with van der Waals surface area (Å²) >= 11 is 5.88. The van der Waals surface area contributed by atoms with E-state index >= 15 is 0 Å². The van der Waals surface area contributed by atoms with Crippen molar-refractivity contribution in [1.29, 1.82) is 0 Å². The second-order valence-electron chi connectivity index (χ2n) is 5.92. The Labute approximate surface area is 134 Å². The Balaban J connectivity index is 2.73. The number of ketones is 1. The van der Waals surface area contributed by atoms with Gasteiger partial charge in [0.1, 0.15) is 5.78 Å². The summed E-state index contributed by atoms with van der Waals surface area (Å²) in [4.78, 5) is 13.7. The van der Waals surface area contributed by atoms with E-state index < -0.39 is 0 Å². The fourth-order valence-corrected chi connectivity index (χ4v) is 2.79. The van der Waals surface area contributed by atoms with Gasteiger partial charge in [-0.15, -0.1) is 11.6 Å². The summed E-state index contributed by atoms with van der Waals surface area (Å²) in [5, 5.41) is 0. The maximum absolute atomic E-state index is 11.4. The van der Waals surface area contributed by atoms with Crippen molar-refractivity contribution in [2.45, 2.75) is 46.5 Å². The molecule has 0 aromatic heterocycles. The van der Waals surface area contributed by atoms with Gasteiger partial charge in [0.2, 0.25) is 0 Å². The van der Waals surface area contributed by atoms with Crippen LogP contribution in [-0.2, 0) is 4.79 Å². The van der Waals surface area contributed by atoms with Crippen molar-refractivity contribution in [3.8, 4) is 0 Å². The van der Waals surface area contributed by atoms with Crippen molar-refractivity contribution < 1.29 is 4.79 Å². The molecule has 0 saturated carbocycles. The largest absolute Gasteiger partial charge is 0.370 e. The van der Waals surface area contributed by atoms with Gasteiger partial charge in [-0.3, -0.25) is 4.79 Å². The summed E-state index contributed by atoms with van der Waals surface area (Å²) in [6.07, 6.45) is 2.03. The topological polar surface area (TPSA) is 20.3 Å². The molecule has 0 heterocycles. The molecule has 0 aliphatic heterocycles. The lowest BCUT2D eigenvalue weighted by Gasteiger charge is -2.24. The monoisotopic (exact) mass is 309 g/mol. The number of hydrogen-bond acceptors (Lipinski definition) is 2. The van der Waals surface area contributed by atoms with Crippen LogP contribution in [-0.4, -0.2) is 24.8 Å². The molecule has 21 heavy (non-hydrogen) atoms. The van der Waals surface area contributed by atoms with Crippen LogP contribution in [0.4, 0.5) is 5.69 Å². The van der Waals surface area contributed by atoms with Gasteiger partial charge in [0, 0.05) is 30.6 Å². The number of anilines is 1. The predicted octanol–water partition coefficient (Wildman–Crippen LogP) is 4.86. The van der Waals surface area contributed by atoms with Crippen molar-refractivity contribution in [3.05, 3.63) is 29.8 Å². The van der Waals surface area contributed by atoms with Crippen molar-refractivity contribution in [3.63, 3.8) is 0 Å². The van der Waals surface area contributed by atoms with E-state index in [0.717, 1.165) is 25.9 Å². The molecule has 0 N–H and O–H groups in total. The summed E-state index contributed by atoms with van der Waals surface area (Å²) < 4.78 is 0. The van der Waals surface area contributed by atoms with E-state index in [9.17, 15) is 4.79 Å². The lowest BCUT2D eigenvalue weighted by atomic mass is 9.89. The summed E-state index contributed by atoms with van der Waals surface area (Å²) in [5.74, 6) is 1.46. The molecule has 3 heteroatoms. The first-order chi connectivity index (χ1) is 9.99. The van der Waals surface area contributed by atoms with Gasteiger partial charge in [-0.25, -0.2) is 0 Å². The second-order valence-corrected chi connectivity index (χ2v) is 6.29. The molecule has 1 aromatic rings. The number of hydrogen-bond donors (Lipinski definition) is 0. The molecule has 1 aromatic carbocycles. The minimum atomic E-state index is 0.132. The number of Topliss-reactive ketones (excluding diaryl/α,β-unsaturated/α-hetero) is 1. The van der Waals surface area contributed by atoms with Crippen LogP contribution < -0.4 is 4.90 Å². The lowest BCUT2D eigenvalue weighted by Crippen LogP contribution is -2.26. The quantitative estimate of drug-likeness (QED) is 0.607. The zero-order valence-electron chi connectivity index (χ0n) is 13.7. The summed E-state index contributed by atoms with van der Waals surface area (Å²) in [6.45, 7) is 9.97.